The van der Waals surface area contributed by atoms with Crippen LogP contribution in [0.3, 0.4) is 0 Å². The number of halogens is 1. The van der Waals surface area contributed by atoms with E-state index in [4.69, 9.17) is 4.74 Å². The van der Waals surface area contributed by atoms with Crippen molar-refractivity contribution < 1.29 is 14.3 Å². The number of ether oxygens (including phenoxy) is 1. The number of rotatable bonds is 4. The van der Waals surface area contributed by atoms with Gasteiger partial charge < -0.3 is 10.1 Å². The zero-order valence-electron chi connectivity index (χ0n) is 12.6. The highest BCUT2D eigenvalue weighted by Gasteiger charge is 2.40. The summed E-state index contributed by atoms with van der Waals surface area (Å²) in [6.45, 7) is 0. The molecule has 2 rings (SSSR count). The van der Waals surface area contributed by atoms with Crippen molar-refractivity contribution in [2.45, 2.75) is 44.1 Å². The van der Waals surface area contributed by atoms with Gasteiger partial charge in [0.05, 0.1) is 10.9 Å². The summed E-state index contributed by atoms with van der Waals surface area (Å²) in [6, 6.07) is 3.86. The number of hydrogen-bond donors (Lipinski definition) is 1. The highest BCUT2D eigenvalue weighted by molar-refractivity contribution is 9.11. The number of esters is 1. The maximum absolute atomic E-state index is 12.2. The van der Waals surface area contributed by atoms with Crippen LogP contribution in [0.1, 0.15) is 43.4 Å². The topological polar surface area (TPSA) is 55.4 Å². The third-order valence-electron chi connectivity index (χ3n) is 3.89. The first kappa shape index (κ1) is 17.2. The van der Waals surface area contributed by atoms with E-state index < -0.39 is 5.54 Å². The third kappa shape index (κ3) is 4.43. The number of carbonyl (C=O) groups is 2. The van der Waals surface area contributed by atoms with Crippen LogP contribution in [0.25, 0.3) is 6.08 Å². The minimum absolute atomic E-state index is 0.253. The summed E-state index contributed by atoms with van der Waals surface area (Å²) >= 11 is 4.93. The lowest BCUT2D eigenvalue weighted by Gasteiger charge is -2.30. The molecule has 0 unspecified atom stereocenters. The molecule has 1 aromatic rings. The van der Waals surface area contributed by atoms with Crippen molar-refractivity contribution in [2.24, 2.45) is 0 Å². The van der Waals surface area contributed by atoms with Crippen molar-refractivity contribution in [1.29, 1.82) is 0 Å². The van der Waals surface area contributed by atoms with Crippen LogP contribution in [0, 0.1) is 0 Å². The van der Waals surface area contributed by atoms with Crippen molar-refractivity contribution >= 4 is 45.2 Å². The highest BCUT2D eigenvalue weighted by atomic mass is 79.9. The summed E-state index contributed by atoms with van der Waals surface area (Å²) in [4.78, 5) is 25.4. The van der Waals surface area contributed by atoms with Gasteiger partial charge in [-0.1, -0.05) is 25.7 Å². The number of carbonyl (C=O) groups excluding carboxylic acids is 2. The van der Waals surface area contributed by atoms with Gasteiger partial charge in [0.2, 0.25) is 5.91 Å². The van der Waals surface area contributed by atoms with Gasteiger partial charge in [-0.05, 0) is 47.0 Å². The predicted molar refractivity (Wildman–Crippen MR) is 91.6 cm³/mol. The first-order valence-electron chi connectivity index (χ1n) is 7.40. The molecule has 1 aromatic heterocycles. The zero-order valence-corrected chi connectivity index (χ0v) is 15.0. The Morgan fingerprint density at radius 2 is 1.95 bits per heavy atom. The van der Waals surface area contributed by atoms with Gasteiger partial charge in [0, 0.05) is 11.0 Å². The van der Waals surface area contributed by atoms with Crippen molar-refractivity contribution in [3.8, 4) is 0 Å². The minimum atomic E-state index is -0.872. The second kappa shape index (κ2) is 7.92. The molecule has 0 spiro atoms. The van der Waals surface area contributed by atoms with Gasteiger partial charge in [-0.15, -0.1) is 11.3 Å². The second-order valence-electron chi connectivity index (χ2n) is 5.45. The molecule has 4 nitrogen and oxygen atoms in total. The molecule has 0 saturated heterocycles. The molecule has 120 valence electrons. The second-order valence-corrected chi connectivity index (χ2v) is 7.95. The Kier molecular flexibility index (Phi) is 6.20. The smallest absolute Gasteiger partial charge is 0.331 e. The van der Waals surface area contributed by atoms with Crippen molar-refractivity contribution in [3.05, 3.63) is 26.9 Å². The Hall–Kier alpha value is -1.14. The molecule has 1 heterocycles. The average Bonchev–Trinajstić information content (AvgIpc) is 2.78. The molecular formula is C16H20BrNO3S. The number of thiophene rings is 1. The molecule has 1 amide bonds. The molecule has 0 atom stereocenters. The molecule has 1 aliphatic rings. The fraction of sp³-hybridized carbons (Fsp3) is 0.500. The fourth-order valence-electron chi connectivity index (χ4n) is 2.76. The molecular weight excluding hydrogens is 366 g/mol. The van der Waals surface area contributed by atoms with Gasteiger partial charge in [-0.25, -0.2) is 4.79 Å². The maximum atomic E-state index is 12.2. The summed E-state index contributed by atoms with van der Waals surface area (Å²) in [5, 5.41) is 2.89. The Balaban J connectivity index is 2.07. The molecule has 0 aromatic carbocycles. The van der Waals surface area contributed by atoms with Crippen LogP contribution in [0.4, 0.5) is 0 Å². The van der Waals surface area contributed by atoms with E-state index in [9.17, 15) is 9.59 Å². The molecule has 6 heteroatoms. The van der Waals surface area contributed by atoms with E-state index in [1.807, 2.05) is 12.1 Å². The molecule has 0 bridgehead atoms. The Morgan fingerprint density at radius 3 is 2.50 bits per heavy atom. The molecule has 0 radical (unpaired) electrons. The first-order valence-corrected chi connectivity index (χ1v) is 9.01. The van der Waals surface area contributed by atoms with Gasteiger partial charge in [0.1, 0.15) is 5.54 Å². The summed E-state index contributed by atoms with van der Waals surface area (Å²) in [5.74, 6) is -0.591. The normalized spacial score (nSPS) is 17.9. The number of hydrogen-bond acceptors (Lipinski definition) is 4. The SMILES string of the molecule is COC(=O)C1(NC(=O)C=Cc2ccc(Br)s2)CCCCCC1. The van der Waals surface area contributed by atoms with E-state index in [0.29, 0.717) is 12.8 Å². The third-order valence-corrected chi connectivity index (χ3v) is 5.48. The standard InChI is InChI=1S/C16H20BrNO3S/c1-21-15(20)16(10-4-2-3-5-11-16)18-14(19)9-7-12-6-8-13(17)22-12/h6-9H,2-5,10-11H2,1H3,(H,18,19). The van der Waals surface area contributed by atoms with Crippen molar-refractivity contribution in [3.63, 3.8) is 0 Å². The number of amides is 1. The number of methoxy groups -OCH3 is 1. The molecule has 1 aliphatic carbocycles. The fourth-order valence-corrected chi connectivity index (χ4v) is 4.09. The zero-order chi connectivity index (χ0) is 16.0. The lowest BCUT2D eigenvalue weighted by atomic mass is 9.90. The predicted octanol–water partition coefficient (Wildman–Crippen LogP) is 3.91. The van der Waals surface area contributed by atoms with E-state index >= 15 is 0 Å². The van der Waals surface area contributed by atoms with Crippen LogP contribution in [0.15, 0.2) is 22.0 Å². The van der Waals surface area contributed by atoms with Gasteiger partial charge in [-0.3, -0.25) is 4.79 Å². The van der Waals surface area contributed by atoms with E-state index in [-0.39, 0.29) is 11.9 Å². The van der Waals surface area contributed by atoms with Gasteiger partial charge in [-0.2, -0.15) is 0 Å². The molecule has 1 fully saturated rings. The van der Waals surface area contributed by atoms with Crippen LogP contribution in [-0.2, 0) is 14.3 Å². The first-order chi connectivity index (χ1) is 10.6. The summed E-state index contributed by atoms with van der Waals surface area (Å²) in [7, 11) is 1.38. The highest BCUT2D eigenvalue weighted by Crippen LogP contribution is 2.28. The Labute approximate surface area is 143 Å². The van der Waals surface area contributed by atoms with Crippen LogP contribution in [-0.4, -0.2) is 24.5 Å². The van der Waals surface area contributed by atoms with Crippen LogP contribution >= 0.6 is 27.3 Å². The molecule has 1 saturated carbocycles. The quantitative estimate of drug-likeness (QED) is 0.485. The Bertz CT molecular complexity index is 559. The van der Waals surface area contributed by atoms with Gasteiger partial charge in [0.15, 0.2) is 0 Å². The van der Waals surface area contributed by atoms with Gasteiger partial charge >= 0.3 is 5.97 Å². The van der Waals surface area contributed by atoms with Crippen molar-refractivity contribution in [2.75, 3.05) is 7.11 Å². The summed E-state index contributed by atoms with van der Waals surface area (Å²) < 4.78 is 5.95. The summed E-state index contributed by atoms with van der Waals surface area (Å²) in [5.41, 5.74) is -0.872. The maximum Gasteiger partial charge on any atom is 0.331 e. The van der Waals surface area contributed by atoms with Crippen LogP contribution in [0.2, 0.25) is 0 Å². The van der Waals surface area contributed by atoms with Crippen LogP contribution < -0.4 is 5.32 Å². The monoisotopic (exact) mass is 385 g/mol. The van der Waals surface area contributed by atoms with E-state index in [1.54, 1.807) is 17.4 Å². The van der Waals surface area contributed by atoms with E-state index in [0.717, 1.165) is 34.3 Å². The summed E-state index contributed by atoms with van der Waals surface area (Å²) in [6.07, 6.45) is 8.56. The van der Waals surface area contributed by atoms with Crippen molar-refractivity contribution in [1.82, 2.24) is 5.32 Å². The number of nitrogens with one attached hydrogen (secondary N) is 1. The molecule has 22 heavy (non-hydrogen) atoms. The van der Waals surface area contributed by atoms with E-state index in [1.165, 1.54) is 13.2 Å². The molecule has 0 aliphatic heterocycles. The molecule has 1 N–H and O–H groups in total. The van der Waals surface area contributed by atoms with Crippen LogP contribution in [0.5, 0.6) is 0 Å². The lowest BCUT2D eigenvalue weighted by Crippen LogP contribution is -2.54. The van der Waals surface area contributed by atoms with E-state index in [2.05, 4.69) is 21.2 Å². The van der Waals surface area contributed by atoms with Gasteiger partial charge in [0.25, 0.3) is 0 Å². The lowest BCUT2D eigenvalue weighted by molar-refractivity contribution is -0.151. The average molecular weight is 386 g/mol. The Morgan fingerprint density at radius 1 is 1.27 bits per heavy atom. The largest absolute Gasteiger partial charge is 0.467 e. The minimum Gasteiger partial charge on any atom is -0.467 e.